The van der Waals surface area contributed by atoms with Gasteiger partial charge >= 0.3 is 0 Å². The zero-order valence-corrected chi connectivity index (χ0v) is 4.28. The number of hydrogen-bond donors (Lipinski definition) is 2. The average Bonchev–Trinajstić information content (AvgIpc) is 1.85. The molecule has 7 heavy (non-hydrogen) atoms. The Hall–Kier alpha value is -0.0800. The summed E-state index contributed by atoms with van der Waals surface area (Å²) in [6, 6.07) is 1.67. The fraction of sp³-hybridized carbons (Fsp3) is 1.00. The van der Waals surface area contributed by atoms with E-state index in [0.29, 0.717) is 0 Å². The summed E-state index contributed by atoms with van der Waals surface area (Å²) in [7, 11) is 0. The van der Waals surface area contributed by atoms with Gasteiger partial charge in [-0.3, -0.25) is 0 Å². The standard InChI is InChI=1S/C5H10N2/c1-2-6-5-3-7-4(1)5/h4-7H,1-3H2/t4-,5-/m1/s1. The van der Waals surface area contributed by atoms with Crippen LogP contribution in [-0.4, -0.2) is 25.2 Å². The fourth-order valence-electron chi connectivity index (χ4n) is 1.34. The van der Waals surface area contributed by atoms with Gasteiger partial charge in [0.15, 0.2) is 0 Å². The molecule has 0 bridgehead atoms. The van der Waals surface area contributed by atoms with Gasteiger partial charge in [-0.2, -0.15) is 0 Å². The molecule has 2 aliphatic rings. The van der Waals surface area contributed by atoms with Crippen molar-refractivity contribution < 1.29 is 0 Å². The van der Waals surface area contributed by atoms with Crippen LogP contribution in [0.2, 0.25) is 0 Å². The Bertz CT molecular complexity index is 72.1. The molecule has 2 atom stereocenters. The molecule has 40 valence electrons. The summed E-state index contributed by atoms with van der Waals surface area (Å²) in [5.74, 6) is 0. The summed E-state index contributed by atoms with van der Waals surface area (Å²) in [6.45, 7) is 2.42. The molecule has 2 rings (SSSR count). The molecular weight excluding hydrogens is 88.1 g/mol. The zero-order valence-electron chi connectivity index (χ0n) is 4.28. The molecule has 2 fully saturated rings. The summed E-state index contributed by atoms with van der Waals surface area (Å²) >= 11 is 0. The van der Waals surface area contributed by atoms with E-state index in [1.54, 1.807) is 0 Å². The van der Waals surface area contributed by atoms with E-state index < -0.39 is 0 Å². The molecule has 2 saturated heterocycles. The smallest absolute Gasteiger partial charge is 0.0347 e. The molecule has 0 saturated carbocycles. The lowest BCUT2D eigenvalue weighted by Gasteiger charge is -2.31. The molecule has 0 aromatic heterocycles. The van der Waals surface area contributed by atoms with Gasteiger partial charge in [0.05, 0.1) is 0 Å². The molecule has 0 amide bonds. The van der Waals surface area contributed by atoms with Crippen LogP contribution >= 0.6 is 0 Å². The monoisotopic (exact) mass is 98.1 g/mol. The second-order valence-electron chi connectivity index (χ2n) is 2.36. The quantitative estimate of drug-likeness (QED) is 0.419. The first-order chi connectivity index (χ1) is 3.47. The predicted molar refractivity (Wildman–Crippen MR) is 28.2 cm³/mol. The molecule has 0 aromatic carbocycles. The van der Waals surface area contributed by atoms with Gasteiger partial charge in [-0.05, 0) is 13.0 Å². The molecule has 0 radical (unpaired) electrons. The molecule has 0 aromatic rings. The molecule has 0 unspecified atom stereocenters. The number of fused-ring (bicyclic) bond motifs is 1. The van der Waals surface area contributed by atoms with Gasteiger partial charge in [-0.15, -0.1) is 0 Å². The second kappa shape index (κ2) is 1.20. The van der Waals surface area contributed by atoms with Crippen LogP contribution in [0.5, 0.6) is 0 Å². The Morgan fingerprint density at radius 2 is 2.14 bits per heavy atom. The van der Waals surface area contributed by atoms with Crippen LogP contribution in [0, 0.1) is 0 Å². The van der Waals surface area contributed by atoms with Crippen LogP contribution in [0.15, 0.2) is 0 Å². The first kappa shape index (κ1) is 3.87. The van der Waals surface area contributed by atoms with Crippen molar-refractivity contribution in [2.75, 3.05) is 13.1 Å². The maximum absolute atomic E-state index is 3.39. The van der Waals surface area contributed by atoms with Crippen molar-refractivity contribution in [1.82, 2.24) is 10.6 Å². The highest BCUT2D eigenvalue weighted by Crippen LogP contribution is 2.12. The molecule has 0 aliphatic carbocycles. The number of nitrogens with one attached hydrogen (secondary N) is 2. The molecule has 2 heteroatoms. The Morgan fingerprint density at radius 1 is 1.14 bits per heavy atom. The van der Waals surface area contributed by atoms with Gasteiger partial charge in [0.25, 0.3) is 0 Å². The summed E-state index contributed by atoms with van der Waals surface area (Å²) in [5.41, 5.74) is 0. The molecule has 2 N–H and O–H groups in total. The third-order valence-corrected chi connectivity index (χ3v) is 1.95. The third kappa shape index (κ3) is 0.409. The largest absolute Gasteiger partial charge is 0.311 e. The summed E-state index contributed by atoms with van der Waals surface area (Å²) in [5, 5.41) is 6.74. The Balaban J connectivity index is 2.03. The zero-order chi connectivity index (χ0) is 4.69. The SMILES string of the molecule is C1C[C@H]2NC[C@H]2N1. The van der Waals surface area contributed by atoms with Crippen LogP contribution in [0.1, 0.15) is 6.42 Å². The molecular formula is C5H10N2. The van der Waals surface area contributed by atoms with E-state index in [1.165, 1.54) is 19.5 Å². The van der Waals surface area contributed by atoms with Crippen molar-refractivity contribution in [3.63, 3.8) is 0 Å². The second-order valence-corrected chi connectivity index (χ2v) is 2.36. The van der Waals surface area contributed by atoms with Gasteiger partial charge in [0, 0.05) is 18.6 Å². The van der Waals surface area contributed by atoms with Crippen LogP contribution in [0.4, 0.5) is 0 Å². The van der Waals surface area contributed by atoms with Gasteiger partial charge in [0.2, 0.25) is 0 Å². The van der Waals surface area contributed by atoms with E-state index in [2.05, 4.69) is 10.6 Å². The van der Waals surface area contributed by atoms with Crippen molar-refractivity contribution in [2.45, 2.75) is 18.5 Å². The Kier molecular flexibility index (Phi) is 0.664. The normalized spacial score (nSPS) is 48.0. The summed E-state index contributed by atoms with van der Waals surface area (Å²) in [6.07, 6.45) is 1.34. The summed E-state index contributed by atoms with van der Waals surface area (Å²) < 4.78 is 0. The van der Waals surface area contributed by atoms with Crippen molar-refractivity contribution in [3.8, 4) is 0 Å². The van der Waals surface area contributed by atoms with Crippen molar-refractivity contribution in [3.05, 3.63) is 0 Å². The average molecular weight is 98.1 g/mol. The van der Waals surface area contributed by atoms with Gasteiger partial charge in [0.1, 0.15) is 0 Å². The van der Waals surface area contributed by atoms with E-state index in [1.807, 2.05) is 0 Å². The lowest BCUT2D eigenvalue weighted by molar-refractivity contribution is 0.328. The first-order valence-electron chi connectivity index (χ1n) is 2.93. The third-order valence-electron chi connectivity index (χ3n) is 1.95. The van der Waals surface area contributed by atoms with E-state index in [0.717, 1.165) is 12.1 Å². The van der Waals surface area contributed by atoms with Crippen molar-refractivity contribution in [1.29, 1.82) is 0 Å². The minimum atomic E-state index is 0.833. The van der Waals surface area contributed by atoms with E-state index in [9.17, 15) is 0 Å². The van der Waals surface area contributed by atoms with Crippen molar-refractivity contribution >= 4 is 0 Å². The highest BCUT2D eigenvalue weighted by Gasteiger charge is 2.33. The highest BCUT2D eigenvalue weighted by molar-refractivity contribution is 4.98. The van der Waals surface area contributed by atoms with E-state index in [4.69, 9.17) is 0 Å². The van der Waals surface area contributed by atoms with Gasteiger partial charge < -0.3 is 10.6 Å². The molecule has 2 aliphatic heterocycles. The van der Waals surface area contributed by atoms with E-state index >= 15 is 0 Å². The van der Waals surface area contributed by atoms with Crippen LogP contribution in [0.25, 0.3) is 0 Å². The van der Waals surface area contributed by atoms with Gasteiger partial charge in [-0.25, -0.2) is 0 Å². The minimum Gasteiger partial charge on any atom is -0.311 e. The highest BCUT2D eigenvalue weighted by atomic mass is 15.2. The van der Waals surface area contributed by atoms with E-state index in [-0.39, 0.29) is 0 Å². The summed E-state index contributed by atoms with van der Waals surface area (Å²) in [4.78, 5) is 0. The van der Waals surface area contributed by atoms with Crippen LogP contribution in [-0.2, 0) is 0 Å². The van der Waals surface area contributed by atoms with Crippen LogP contribution < -0.4 is 10.6 Å². The van der Waals surface area contributed by atoms with Crippen molar-refractivity contribution in [2.24, 2.45) is 0 Å². The number of rotatable bonds is 0. The Labute approximate surface area is 43.3 Å². The maximum atomic E-state index is 3.39. The van der Waals surface area contributed by atoms with Gasteiger partial charge in [-0.1, -0.05) is 0 Å². The fourth-order valence-corrected chi connectivity index (χ4v) is 1.34. The molecule has 2 heterocycles. The number of hydrogen-bond acceptors (Lipinski definition) is 2. The molecule has 2 nitrogen and oxygen atoms in total. The lowest BCUT2D eigenvalue weighted by Crippen LogP contribution is -2.58. The predicted octanol–water partition coefficient (Wildman–Crippen LogP) is -0.680. The lowest BCUT2D eigenvalue weighted by atomic mass is 10.0. The Morgan fingerprint density at radius 3 is 2.43 bits per heavy atom. The molecule has 0 spiro atoms. The maximum Gasteiger partial charge on any atom is 0.0347 e. The first-order valence-corrected chi connectivity index (χ1v) is 2.93. The minimum absolute atomic E-state index is 0.833. The topological polar surface area (TPSA) is 24.1 Å². The van der Waals surface area contributed by atoms with Crippen LogP contribution in [0.3, 0.4) is 0 Å².